The average molecular weight is 262 g/mol. The van der Waals surface area contributed by atoms with Gasteiger partial charge in [-0.3, -0.25) is 14.0 Å². The first-order chi connectivity index (χ1) is 7.59. The first-order valence-electron chi connectivity index (χ1n) is 4.65. The quantitative estimate of drug-likeness (QED) is 0.789. The highest BCUT2D eigenvalue weighted by Gasteiger charge is 2.07. The zero-order valence-electron chi connectivity index (χ0n) is 8.77. The molecular formula is C9H12ClN3O2S. The molecule has 0 aliphatic rings. The van der Waals surface area contributed by atoms with Crippen molar-refractivity contribution in [2.45, 2.75) is 6.42 Å². The Kier molecular flexibility index (Phi) is 5.34. The molecule has 1 aromatic heterocycles. The van der Waals surface area contributed by atoms with E-state index in [9.17, 15) is 9.00 Å². The van der Waals surface area contributed by atoms with Gasteiger partial charge in [-0.05, 0) is 6.42 Å². The molecule has 0 saturated heterocycles. The van der Waals surface area contributed by atoms with E-state index in [4.69, 9.17) is 11.6 Å². The molecule has 1 unspecified atom stereocenters. The maximum absolute atomic E-state index is 11.5. The SMILES string of the molecule is CS(=O)CCCNC(=O)c1cncc(Cl)n1. The Morgan fingerprint density at radius 3 is 2.94 bits per heavy atom. The van der Waals surface area contributed by atoms with Gasteiger partial charge >= 0.3 is 0 Å². The minimum atomic E-state index is -0.829. The number of hydrogen-bond acceptors (Lipinski definition) is 4. The van der Waals surface area contributed by atoms with E-state index in [2.05, 4.69) is 15.3 Å². The number of carbonyl (C=O) groups excluding carboxylic acids is 1. The number of nitrogens with zero attached hydrogens (tertiary/aromatic N) is 2. The van der Waals surface area contributed by atoms with Crippen LogP contribution in [0.3, 0.4) is 0 Å². The van der Waals surface area contributed by atoms with E-state index in [1.165, 1.54) is 12.4 Å². The first kappa shape index (κ1) is 13.1. The summed E-state index contributed by atoms with van der Waals surface area (Å²) in [6.45, 7) is 0.465. The van der Waals surface area contributed by atoms with Gasteiger partial charge in [0.25, 0.3) is 5.91 Å². The Hall–Kier alpha value is -1.01. The lowest BCUT2D eigenvalue weighted by atomic mass is 10.4. The van der Waals surface area contributed by atoms with Crippen molar-refractivity contribution in [3.8, 4) is 0 Å². The van der Waals surface area contributed by atoms with Gasteiger partial charge in [-0.15, -0.1) is 0 Å². The Bertz CT molecular complexity index is 400. The van der Waals surface area contributed by atoms with E-state index in [1.807, 2.05) is 0 Å². The van der Waals surface area contributed by atoms with Gasteiger partial charge in [0.1, 0.15) is 10.8 Å². The normalized spacial score (nSPS) is 12.1. The molecular weight excluding hydrogens is 250 g/mol. The minimum Gasteiger partial charge on any atom is -0.351 e. The number of aromatic nitrogens is 2. The molecule has 1 aromatic rings. The minimum absolute atomic E-state index is 0.183. The summed E-state index contributed by atoms with van der Waals surface area (Å²) in [5.41, 5.74) is 0.185. The van der Waals surface area contributed by atoms with Gasteiger partial charge in [-0.1, -0.05) is 11.6 Å². The van der Waals surface area contributed by atoms with E-state index in [1.54, 1.807) is 6.26 Å². The van der Waals surface area contributed by atoms with Crippen molar-refractivity contribution in [2.24, 2.45) is 0 Å². The van der Waals surface area contributed by atoms with E-state index >= 15 is 0 Å². The monoisotopic (exact) mass is 261 g/mol. The second-order valence-electron chi connectivity index (χ2n) is 3.11. The van der Waals surface area contributed by atoms with Crippen LogP contribution in [0.5, 0.6) is 0 Å². The van der Waals surface area contributed by atoms with E-state index in [-0.39, 0.29) is 16.8 Å². The second kappa shape index (κ2) is 6.55. The molecule has 0 aliphatic carbocycles. The van der Waals surface area contributed by atoms with Crippen molar-refractivity contribution in [1.82, 2.24) is 15.3 Å². The predicted octanol–water partition coefficient (Wildman–Crippen LogP) is 0.628. The standard InChI is InChI=1S/C9H12ClN3O2S/c1-16(15)4-2-3-12-9(14)7-5-11-6-8(10)13-7/h5-6H,2-4H2,1H3,(H,12,14). The van der Waals surface area contributed by atoms with Crippen LogP contribution < -0.4 is 5.32 Å². The summed E-state index contributed by atoms with van der Waals surface area (Å²) in [5, 5.41) is 2.83. The molecule has 88 valence electrons. The molecule has 1 atom stereocenters. The van der Waals surface area contributed by atoms with Crippen molar-refractivity contribution < 1.29 is 9.00 Å². The molecule has 0 aromatic carbocycles. The third-order valence-corrected chi connectivity index (χ3v) is 2.78. The maximum Gasteiger partial charge on any atom is 0.271 e. The number of nitrogens with one attached hydrogen (secondary N) is 1. The highest BCUT2D eigenvalue weighted by molar-refractivity contribution is 7.84. The van der Waals surface area contributed by atoms with Crippen molar-refractivity contribution in [2.75, 3.05) is 18.6 Å². The van der Waals surface area contributed by atoms with Crippen LogP contribution in [0.25, 0.3) is 0 Å². The van der Waals surface area contributed by atoms with Crippen LogP contribution in [0.4, 0.5) is 0 Å². The lowest BCUT2D eigenvalue weighted by molar-refractivity contribution is 0.0948. The van der Waals surface area contributed by atoms with Crippen molar-refractivity contribution in [3.63, 3.8) is 0 Å². The number of rotatable bonds is 5. The third kappa shape index (κ3) is 4.67. The van der Waals surface area contributed by atoms with Gasteiger partial charge in [0, 0.05) is 29.4 Å². The van der Waals surface area contributed by atoms with Gasteiger partial charge in [-0.2, -0.15) is 0 Å². The molecule has 1 heterocycles. The van der Waals surface area contributed by atoms with Gasteiger partial charge in [0.2, 0.25) is 0 Å². The van der Waals surface area contributed by atoms with E-state index in [0.29, 0.717) is 18.7 Å². The molecule has 1 N–H and O–H groups in total. The molecule has 0 bridgehead atoms. The van der Waals surface area contributed by atoms with Crippen LogP contribution in [-0.4, -0.2) is 38.6 Å². The van der Waals surface area contributed by atoms with Crippen LogP contribution in [-0.2, 0) is 10.8 Å². The summed E-state index contributed by atoms with van der Waals surface area (Å²) < 4.78 is 10.8. The Morgan fingerprint density at radius 1 is 1.56 bits per heavy atom. The fraction of sp³-hybridized carbons (Fsp3) is 0.444. The molecule has 1 amide bonds. The lowest BCUT2D eigenvalue weighted by Crippen LogP contribution is -2.26. The predicted molar refractivity (Wildman–Crippen MR) is 62.9 cm³/mol. The van der Waals surface area contributed by atoms with Crippen LogP contribution >= 0.6 is 11.6 Å². The Balaban J connectivity index is 2.38. The number of hydrogen-bond donors (Lipinski definition) is 1. The molecule has 0 aliphatic heterocycles. The van der Waals surface area contributed by atoms with Gasteiger partial charge in [0.15, 0.2) is 0 Å². The molecule has 0 saturated carbocycles. The summed E-state index contributed by atoms with van der Waals surface area (Å²) >= 11 is 5.60. The second-order valence-corrected chi connectivity index (χ2v) is 5.06. The van der Waals surface area contributed by atoms with E-state index < -0.39 is 10.8 Å². The third-order valence-electron chi connectivity index (χ3n) is 1.73. The molecule has 0 spiro atoms. The molecule has 0 fully saturated rings. The summed E-state index contributed by atoms with van der Waals surface area (Å²) in [6.07, 6.45) is 5.00. The largest absolute Gasteiger partial charge is 0.351 e. The lowest BCUT2D eigenvalue weighted by Gasteiger charge is -2.03. The highest BCUT2D eigenvalue weighted by Crippen LogP contribution is 2.01. The average Bonchev–Trinajstić information content (AvgIpc) is 2.24. The molecule has 16 heavy (non-hydrogen) atoms. The van der Waals surface area contributed by atoms with Crippen LogP contribution in [0.15, 0.2) is 12.4 Å². The van der Waals surface area contributed by atoms with Gasteiger partial charge in [0.05, 0.1) is 12.4 Å². The summed E-state index contributed by atoms with van der Waals surface area (Å²) in [5.74, 6) is 0.249. The van der Waals surface area contributed by atoms with Gasteiger partial charge < -0.3 is 5.32 Å². The van der Waals surface area contributed by atoms with Crippen molar-refractivity contribution >= 4 is 28.3 Å². The maximum atomic E-state index is 11.5. The number of carbonyl (C=O) groups is 1. The zero-order chi connectivity index (χ0) is 12.0. The summed E-state index contributed by atoms with van der Waals surface area (Å²) in [4.78, 5) is 19.1. The van der Waals surface area contributed by atoms with Crippen LogP contribution in [0, 0.1) is 0 Å². The molecule has 1 rings (SSSR count). The van der Waals surface area contributed by atoms with Crippen LogP contribution in [0.1, 0.15) is 16.9 Å². The Morgan fingerprint density at radius 2 is 2.31 bits per heavy atom. The Labute approximate surface area is 101 Å². The van der Waals surface area contributed by atoms with Gasteiger partial charge in [-0.25, -0.2) is 4.98 Å². The van der Waals surface area contributed by atoms with Crippen LogP contribution in [0.2, 0.25) is 5.15 Å². The number of amides is 1. The van der Waals surface area contributed by atoms with Crippen molar-refractivity contribution in [1.29, 1.82) is 0 Å². The molecule has 5 nitrogen and oxygen atoms in total. The zero-order valence-corrected chi connectivity index (χ0v) is 10.3. The smallest absolute Gasteiger partial charge is 0.271 e. The summed E-state index contributed by atoms with van der Waals surface area (Å²) in [7, 11) is -0.829. The topological polar surface area (TPSA) is 72.0 Å². The fourth-order valence-electron chi connectivity index (χ4n) is 1.02. The number of halogens is 1. The fourth-order valence-corrected chi connectivity index (χ4v) is 1.72. The van der Waals surface area contributed by atoms with Crippen molar-refractivity contribution in [3.05, 3.63) is 23.2 Å². The first-order valence-corrected chi connectivity index (χ1v) is 6.76. The highest BCUT2D eigenvalue weighted by atomic mass is 35.5. The molecule has 0 radical (unpaired) electrons. The summed E-state index contributed by atoms with van der Waals surface area (Å²) in [6, 6.07) is 0. The molecule has 7 heteroatoms. The van der Waals surface area contributed by atoms with E-state index in [0.717, 1.165) is 0 Å².